The number of phenols is 1. The largest absolute Gasteiger partial charge is 0.507 e. The first-order valence-corrected chi connectivity index (χ1v) is 8.54. The van der Waals surface area contributed by atoms with Crippen molar-refractivity contribution in [1.82, 2.24) is 20.6 Å². The van der Waals surface area contributed by atoms with Gasteiger partial charge in [0.05, 0.1) is 23.0 Å². The maximum atomic E-state index is 12.4. The molecule has 1 aromatic heterocycles. The number of hydrazine groups is 1. The summed E-state index contributed by atoms with van der Waals surface area (Å²) in [4.78, 5) is 24.6. The van der Waals surface area contributed by atoms with Crippen LogP contribution in [-0.4, -0.2) is 26.7 Å². The highest BCUT2D eigenvalue weighted by molar-refractivity contribution is 6.03. The molecule has 0 aliphatic rings. The summed E-state index contributed by atoms with van der Waals surface area (Å²) in [5, 5.41) is 15.9. The Morgan fingerprint density at radius 2 is 1.50 bits per heavy atom. The van der Waals surface area contributed by atoms with Gasteiger partial charge >= 0.3 is 0 Å². The summed E-state index contributed by atoms with van der Waals surface area (Å²) in [6, 6.07) is 19.8. The van der Waals surface area contributed by atoms with Gasteiger partial charge in [0.25, 0.3) is 11.8 Å². The molecule has 0 fully saturated rings. The summed E-state index contributed by atoms with van der Waals surface area (Å²) in [6.45, 7) is 0. The molecule has 4 aromatic rings. The highest BCUT2D eigenvalue weighted by Crippen LogP contribution is 2.24. The van der Waals surface area contributed by atoms with Crippen LogP contribution >= 0.6 is 0 Å². The summed E-state index contributed by atoms with van der Waals surface area (Å²) in [5.41, 5.74) is 5.82. The predicted molar refractivity (Wildman–Crippen MR) is 104 cm³/mol. The van der Waals surface area contributed by atoms with Gasteiger partial charge in [-0.05, 0) is 35.0 Å². The number of amides is 2. The van der Waals surface area contributed by atoms with Crippen molar-refractivity contribution >= 4 is 22.6 Å². The number of phenolic OH excluding ortho intramolecular Hbond substituents is 1. The Kier molecular flexibility index (Phi) is 4.47. The summed E-state index contributed by atoms with van der Waals surface area (Å²) in [5.74, 6) is -1.30. The zero-order valence-electron chi connectivity index (χ0n) is 14.7. The van der Waals surface area contributed by atoms with E-state index in [1.807, 2.05) is 54.6 Å². The van der Waals surface area contributed by atoms with Gasteiger partial charge in [-0.1, -0.05) is 42.5 Å². The molecular formula is C21H16N4O3. The molecule has 4 rings (SSSR count). The minimum atomic E-state index is -0.618. The van der Waals surface area contributed by atoms with Gasteiger partial charge < -0.3 is 5.11 Å². The second-order valence-electron chi connectivity index (χ2n) is 6.13. The molecule has 3 aromatic carbocycles. The fraction of sp³-hybridized carbons (Fsp3) is 0. The van der Waals surface area contributed by atoms with Crippen LogP contribution in [0.3, 0.4) is 0 Å². The monoisotopic (exact) mass is 372 g/mol. The van der Waals surface area contributed by atoms with E-state index in [0.29, 0.717) is 0 Å². The van der Waals surface area contributed by atoms with Crippen molar-refractivity contribution in [2.75, 3.05) is 0 Å². The number of hydrogen-bond acceptors (Lipinski definition) is 4. The third-order valence-corrected chi connectivity index (χ3v) is 4.26. The van der Waals surface area contributed by atoms with E-state index in [4.69, 9.17) is 0 Å². The zero-order chi connectivity index (χ0) is 19.5. The second kappa shape index (κ2) is 7.24. The molecule has 7 nitrogen and oxygen atoms in total. The van der Waals surface area contributed by atoms with E-state index < -0.39 is 11.8 Å². The van der Waals surface area contributed by atoms with Gasteiger partial charge in [-0.2, -0.15) is 5.10 Å². The Bertz CT molecular complexity index is 1170. The molecule has 1 heterocycles. The van der Waals surface area contributed by atoms with Crippen molar-refractivity contribution in [2.24, 2.45) is 0 Å². The van der Waals surface area contributed by atoms with Crippen LogP contribution in [0.15, 0.2) is 79.1 Å². The molecule has 28 heavy (non-hydrogen) atoms. The van der Waals surface area contributed by atoms with Gasteiger partial charge in [-0.3, -0.25) is 20.4 Å². The molecule has 0 atom stereocenters. The van der Waals surface area contributed by atoms with Crippen molar-refractivity contribution in [3.8, 4) is 11.4 Å². The lowest BCUT2D eigenvalue weighted by atomic mass is 10.1. The van der Waals surface area contributed by atoms with E-state index in [0.717, 1.165) is 16.5 Å². The normalized spacial score (nSPS) is 10.6. The van der Waals surface area contributed by atoms with Gasteiger partial charge in [0, 0.05) is 6.20 Å². The standard InChI is InChI=1S/C21H16N4O3/c26-19-11-15-7-5-4-6-14(15)10-18(19)21(28)24-23-20(27)16-12-22-25(13-16)17-8-2-1-3-9-17/h1-13,26H,(H,23,27)(H,24,28). The fourth-order valence-corrected chi connectivity index (χ4v) is 2.83. The van der Waals surface area contributed by atoms with E-state index in [1.54, 1.807) is 16.9 Å². The average Bonchev–Trinajstić information content (AvgIpc) is 3.22. The highest BCUT2D eigenvalue weighted by Gasteiger charge is 2.15. The zero-order valence-corrected chi connectivity index (χ0v) is 14.7. The summed E-state index contributed by atoms with van der Waals surface area (Å²) in [6.07, 6.45) is 2.96. The number of hydrogen-bond donors (Lipinski definition) is 3. The maximum Gasteiger partial charge on any atom is 0.273 e. The first kappa shape index (κ1) is 17.3. The number of carbonyl (C=O) groups is 2. The number of benzene rings is 3. The number of aromatic nitrogens is 2. The van der Waals surface area contributed by atoms with E-state index in [-0.39, 0.29) is 16.9 Å². The molecule has 3 N–H and O–H groups in total. The van der Waals surface area contributed by atoms with Crippen molar-refractivity contribution in [1.29, 1.82) is 0 Å². The van der Waals surface area contributed by atoms with E-state index in [2.05, 4.69) is 16.0 Å². The van der Waals surface area contributed by atoms with Gasteiger partial charge in [0.2, 0.25) is 0 Å². The third-order valence-electron chi connectivity index (χ3n) is 4.26. The second-order valence-corrected chi connectivity index (χ2v) is 6.13. The van der Waals surface area contributed by atoms with Crippen LogP contribution in [-0.2, 0) is 0 Å². The lowest BCUT2D eigenvalue weighted by Crippen LogP contribution is -2.41. The number of nitrogens with one attached hydrogen (secondary N) is 2. The molecule has 0 radical (unpaired) electrons. The molecule has 0 saturated carbocycles. The van der Waals surface area contributed by atoms with Gasteiger partial charge in [0.15, 0.2) is 0 Å². The first-order chi connectivity index (χ1) is 13.6. The Labute approximate surface area is 160 Å². The fourth-order valence-electron chi connectivity index (χ4n) is 2.83. The molecule has 0 bridgehead atoms. The quantitative estimate of drug-likeness (QED) is 0.482. The smallest absolute Gasteiger partial charge is 0.273 e. The Morgan fingerprint density at radius 3 is 2.25 bits per heavy atom. The first-order valence-electron chi connectivity index (χ1n) is 8.54. The predicted octanol–water partition coefficient (Wildman–Crippen LogP) is 2.81. The van der Waals surface area contributed by atoms with Crippen molar-refractivity contribution in [3.63, 3.8) is 0 Å². The third kappa shape index (κ3) is 3.41. The van der Waals surface area contributed by atoms with Crippen LogP contribution in [0.25, 0.3) is 16.5 Å². The molecule has 7 heteroatoms. The molecule has 0 aliphatic heterocycles. The van der Waals surface area contributed by atoms with E-state index in [9.17, 15) is 14.7 Å². The molecule has 0 spiro atoms. The van der Waals surface area contributed by atoms with Crippen molar-refractivity contribution in [3.05, 3.63) is 90.3 Å². The molecule has 0 aliphatic carbocycles. The van der Waals surface area contributed by atoms with Crippen LogP contribution in [0.2, 0.25) is 0 Å². The summed E-state index contributed by atoms with van der Waals surface area (Å²) < 4.78 is 1.56. The minimum absolute atomic E-state index is 0.0685. The molecule has 138 valence electrons. The Balaban J connectivity index is 1.46. The Hall–Kier alpha value is -4.13. The molecular weight excluding hydrogens is 356 g/mol. The van der Waals surface area contributed by atoms with E-state index >= 15 is 0 Å². The number of para-hydroxylation sites is 1. The van der Waals surface area contributed by atoms with Crippen LogP contribution < -0.4 is 10.9 Å². The number of rotatable bonds is 3. The van der Waals surface area contributed by atoms with Crippen molar-refractivity contribution in [2.45, 2.75) is 0 Å². The lowest BCUT2D eigenvalue weighted by Gasteiger charge is -2.09. The average molecular weight is 372 g/mol. The SMILES string of the molecule is O=C(NNC(=O)c1cc2ccccc2cc1O)c1cnn(-c2ccccc2)c1. The van der Waals surface area contributed by atoms with Crippen molar-refractivity contribution < 1.29 is 14.7 Å². The van der Waals surface area contributed by atoms with Crippen LogP contribution in [0.5, 0.6) is 5.75 Å². The number of carbonyl (C=O) groups excluding carboxylic acids is 2. The minimum Gasteiger partial charge on any atom is -0.507 e. The van der Waals surface area contributed by atoms with Crippen LogP contribution in [0.1, 0.15) is 20.7 Å². The summed E-state index contributed by atoms with van der Waals surface area (Å²) in [7, 11) is 0. The molecule has 0 saturated heterocycles. The molecule has 2 amide bonds. The van der Waals surface area contributed by atoms with Gasteiger partial charge in [0.1, 0.15) is 5.75 Å². The topological polar surface area (TPSA) is 96.2 Å². The number of fused-ring (bicyclic) bond motifs is 1. The highest BCUT2D eigenvalue weighted by atomic mass is 16.3. The van der Waals surface area contributed by atoms with E-state index in [1.165, 1.54) is 12.3 Å². The summed E-state index contributed by atoms with van der Waals surface area (Å²) >= 11 is 0. The maximum absolute atomic E-state index is 12.4. The Morgan fingerprint density at radius 1 is 0.857 bits per heavy atom. The van der Waals surface area contributed by atoms with Crippen LogP contribution in [0, 0.1) is 0 Å². The number of nitrogens with zero attached hydrogens (tertiary/aromatic N) is 2. The lowest BCUT2D eigenvalue weighted by molar-refractivity contribution is 0.0845. The van der Waals surface area contributed by atoms with Gasteiger partial charge in [-0.15, -0.1) is 0 Å². The van der Waals surface area contributed by atoms with Gasteiger partial charge in [-0.25, -0.2) is 4.68 Å². The number of aromatic hydroxyl groups is 1. The van der Waals surface area contributed by atoms with Crippen LogP contribution in [0.4, 0.5) is 0 Å². The molecule has 0 unspecified atom stereocenters.